The van der Waals surface area contributed by atoms with Crippen LogP contribution in [0.15, 0.2) is 59.2 Å². The normalized spacial score (nSPS) is 14.5. The molecular formula is C19H17ClN4O2. The van der Waals surface area contributed by atoms with Crippen LogP contribution < -0.4 is 4.90 Å². The number of hydrogen-bond donors (Lipinski definition) is 0. The summed E-state index contributed by atoms with van der Waals surface area (Å²) in [6.07, 6.45) is 1.61. The average molecular weight is 369 g/mol. The van der Waals surface area contributed by atoms with Gasteiger partial charge in [0.05, 0.1) is 6.26 Å². The third-order valence-electron chi connectivity index (χ3n) is 4.39. The van der Waals surface area contributed by atoms with Crippen molar-refractivity contribution < 1.29 is 9.21 Å². The second-order valence-corrected chi connectivity index (χ2v) is 6.48. The first kappa shape index (κ1) is 16.6. The monoisotopic (exact) mass is 368 g/mol. The van der Waals surface area contributed by atoms with E-state index in [4.69, 9.17) is 16.0 Å². The number of carbonyl (C=O) groups excluding carboxylic acids is 1. The van der Waals surface area contributed by atoms with Gasteiger partial charge in [0.2, 0.25) is 0 Å². The fraction of sp³-hybridized carbons (Fsp3) is 0.211. The van der Waals surface area contributed by atoms with Gasteiger partial charge in [-0.1, -0.05) is 17.7 Å². The highest BCUT2D eigenvalue weighted by atomic mass is 35.5. The Kier molecular flexibility index (Phi) is 4.58. The molecule has 1 amide bonds. The average Bonchev–Trinajstić information content (AvgIpc) is 3.23. The van der Waals surface area contributed by atoms with Gasteiger partial charge in [0.25, 0.3) is 5.91 Å². The summed E-state index contributed by atoms with van der Waals surface area (Å²) in [6.45, 7) is 2.68. The molecule has 0 radical (unpaired) electrons. The lowest BCUT2D eigenvalue weighted by atomic mass is 10.2. The van der Waals surface area contributed by atoms with Gasteiger partial charge in [-0.2, -0.15) is 0 Å². The number of aromatic nitrogens is 2. The van der Waals surface area contributed by atoms with Crippen molar-refractivity contribution >= 4 is 23.3 Å². The lowest BCUT2D eigenvalue weighted by Gasteiger charge is -2.35. The fourth-order valence-corrected chi connectivity index (χ4v) is 3.18. The molecule has 0 unspecified atom stereocenters. The highest BCUT2D eigenvalue weighted by molar-refractivity contribution is 6.30. The minimum Gasteiger partial charge on any atom is -0.463 e. The molecule has 0 atom stereocenters. The quantitative estimate of drug-likeness (QED) is 0.709. The van der Waals surface area contributed by atoms with E-state index in [0.29, 0.717) is 48.2 Å². The first-order valence-electron chi connectivity index (χ1n) is 8.38. The smallest absolute Gasteiger partial charge is 0.254 e. The lowest BCUT2D eigenvalue weighted by molar-refractivity contribution is 0.0746. The van der Waals surface area contributed by atoms with E-state index in [0.717, 1.165) is 5.82 Å². The molecule has 132 valence electrons. The van der Waals surface area contributed by atoms with Crippen molar-refractivity contribution in [2.45, 2.75) is 0 Å². The Labute approximate surface area is 156 Å². The van der Waals surface area contributed by atoms with Gasteiger partial charge in [-0.3, -0.25) is 4.79 Å². The van der Waals surface area contributed by atoms with Crippen molar-refractivity contribution in [2.24, 2.45) is 0 Å². The number of piperazine rings is 1. The van der Waals surface area contributed by atoms with Crippen LogP contribution in [0.25, 0.3) is 11.5 Å². The SMILES string of the molecule is O=C(c1cccc(Cl)c1)N1CCN(c2ccc(-c3ccco3)nn2)CC1. The molecule has 0 saturated carbocycles. The maximum absolute atomic E-state index is 12.6. The fourth-order valence-electron chi connectivity index (χ4n) is 2.99. The molecule has 4 rings (SSSR count). The van der Waals surface area contributed by atoms with Gasteiger partial charge in [0.15, 0.2) is 11.6 Å². The number of carbonyl (C=O) groups is 1. The molecule has 0 bridgehead atoms. The summed E-state index contributed by atoms with van der Waals surface area (Å²) in [5.74, 6) is 1.50. The summed E-state index contributed by atoms with van der Waals surface area (Å²) in [4.78, 5) is 16.5. The van der Waals surface area contributed by atoms with Gasteiger partial charge in [0.1, 0.15) is 5.69 Å². The van der Waals surface area contributed by atoms with Gasteiger partial charge in [-0.15, -0.1) is 10.2 Å². The Bertz CT molecular complexity index is 888. The third kappa shape index (κ3) is 3.41. The van der Waals surface area contributed by atoms with E-state index in [9.17, 15) is 4.79 Å². The first-order chi connectivity index (χ1) is 12.7. The number of halogens is 1. The summed E-state index contributed by atoms with van der Waals surface area (Å²) in [6, 6.07) is 14.5. The molecule has 1 aliphatic rings. The van der Waals surface area contributed by atoms with Crippen LogP contribution in [0.3, 0.4) is 0 Å². The standard InChI is InChI=1S/C19H17ClN4O2/c20-15-4-1-3-14(13-15)19(25)24-10-8-23(9-11-24)18-7-6-16(21-22-18)17-5-2-12-26-17/h1-7,12-13H,8-11H2. The zero-order valence-electron chi connectivity index (χ0n) is 14.0. The van der Waals surface area contributed by atoms with E-state index in [-0.39, 0.29) is 5.91 Å². The van der Waals surface area contributed by atoms with Crippen LogP contribution in [-0.4, -0.2) is 47.2 Å². The molecule has 1 saturated heterocycles. The van der Waals surface area contributed by atoms with E-state index in [1.54, 1.807) is 30.5 Å². The van der Waals surface area contributed by atoms with Crippen molar-refractivity contribution in [1.29, 1.82) is 0 Å². The minimum atomic E-state index is 0.00593. The molecule has 26 heavy (non-hydrogen) atoms. The lowest BCUT2D eigenvalue weighted by Crippen LogP contribution is -2.49. The number of benzene rings is 1. The van der Waals surface area contributed by atoms with Gasteiger partial charge in [-0.25, -0.2) is 0 Å². The van der Waals surface area contributed by atoms with Crippen LogP contribution in [0.1, 0.15) is 10.4 Å². The van der Waals surface area contributed by atoms with Crippen molar-refractivity contribution in [1.82, 2.24) is 15.1 Å². The highest BCUT2D eigenvalue weighted by Gasteiger charge is 2.23. The van der Waals surface area contributed by atoms with Crippen LogP contribution in [0.4, 0.5) is 5.82 Å². The molecule has 3 aromatic rings. The zero-order valence-corrected chi connectivity index (χ0v) is 14.8. The molecule has 7 heteroatoms. The molecule has 2 aromatic heterocycles. The van der Waals surface area contributed by atoms with E-state index in [1.165, 1.54) is 0 Å². The molecule has 6 nitrogen and oxygen atoms in total. The molecule has 1 aromatic carbocycles. The third-order valence-corrected chi connectivity index (χ3v) is 4.62. The van der Waals surface area contributed by atoms with Crippen molar-refractivity contribution in [3.05, 3.63) is 65.4 Å². The Balaban J connectivity index is 1.39. The predicted molar refractivity (Wildman–Crippen MR) is 99.3 cm³/mol. The maximum Gasteiger partial charge on any atom is 0.254 e. The van der Waals surface area contributed by atoms with Gasteiger partial charge >= 0.3 is 0 Å². The topological polar surface area (TPSA) is 62.5 Å². The first-order valence-corrected chi connectivity index (χ1v) is 8.76. The van der Waals surface area contributed by atoms with Crippen molar-refractivity contribution in [3.8, 4) is 11.5 Å². The second-order valence-electron chi connectivity index (χ2n) is 6.04. The summed E-state index contributed by atoms with van der Waals surface area (Å²) in [7, 11) is 0. The predicted octanol–water partition coefficient (Wildman–Crippen LogP) is 3.35. The van der Waals surface area contributed by atoms with Crippen LogP contribution in [0.5, 0.6) is 0 Å². The van der Waals surface area contributed by atoms with E-state index in [2.05, 4.69) is 15.1 Å². The Morgan fingerprint density at radius 2 is 1.85 bits per heavy atom. The Hall–Kier alpha value is -2.86. The van der Waals surface area contributed by atoms with E-state index < -0.39 is 0 Å². The summed E-state index contributed by atoms with van der Waals surface area (Å²) >= 11 is 5.98. The second kappa shape index (κ2) is 7.17. The molecular weight excluding hydrogens is 352 g/mol. The van der Waals surface area contributed by atoms with Crippen LogP contribution in [-0.2, 0) is 0 Å². The van der Waals surface area contributed by atoms with Crippen LogP contribution in [0.2, 0.25) is 5.02 Å². The van der Waals surface area contributed by atoms with Crippen LogP contribution >= 0.6 is 11.6 Å². The van der Waals surface area contributed by atoms with Gasteiger partial charge in [-0.05, 0) is 42.5 Å². The van der Waals surface area contributed by atoms with Gasteiger partial charge in [0, 0.05) is 36.8 Å². The molecule has 1 fully saturated rings. The van der Waals surface area contributed by atoms with Gasteiger partial charge < -0.3 is 14.2 Å². The molecule has 3 heterocycles. The van der Waals surface area contributed by atoms with Crippen molar-refractivity contribution in [2.75, 3.05) is 31.1 Å². The number of rotatable bonds is 3. The van der Waals surface area contributed by atoms with E-state index in [1.807, 2.05) is 29.2 Å². The zero-order chi connectivity index (χ0) is 17.9. The molecule has 1 aliphatic heterocycles. The van der Waals surface area contributed by atoms with E-state index >= 15 is 0 Å². The number of amides is 1. The Morgan fingerprint density at radius 1 is 1.00 bits per heavy atom. The number of nitrogens with zero attached hydrogens (tertiary/aromatic N) is 4. The molecule has 0 N–H and O–H groups in total. The summed E-state index contributed by atoms with van der Waals surface area (Å²) in [5.41, 5.74) is 1.32. The summed E-state index contributed by atoms with van der Waals surface area (Å²) < 4.78 is 5.33. The van der Waals surface area contributed by atoms with Crippen LogP contribution in [0, 0.1) is 0 Å². The number of furan rings is 1. The Morgan fingerprint density at radius 3 is 2.50 bits per heavy atom. The summed E-state index contributed by atoms with van der Waals surface area (Å²) in [5, 5.41) is 9.09. The highest BCUT2D eigenvalue weighted by Crippen LogP contribution is 2.20. The molecule has 0 spiro atoms. The number of anilines is 1. The molecule has 0 aliphatic carbocycles. The minimum absolute atomic E-state index is 0.00593. The van der Waals surface area contributed by atoms with Crippen molar-refractivity contribution in [3.63, 3.8) is 0 Å². The largest absolute Gasteiger partial charge is 0.463 e. The number of hydrogen-bond acceptors (Lipinski definition) is 5. The maximum atomic E-state index is 12.6.